The Morgan fingerprint density at radius 1 is 1.23 bits per heavy atom. The molecule has 0 unspecified atom stereocenters. The van der Waals surface area contributed by atoms with Gasteiger partial charge in [0, 0.05) is 21.4 Å². The van der Waals surface area contributed by atoms with Gasteiger partial charge in [-0.15, -0.1) is 11.8 Å². The highest BCUT2D eigenvalue weighted by molar-refractivity contribution is 7.99. The molecule has 3 nitrogen and oxygen atoms in total. The van der Waals surface area contributed by atoms with Gasteiger partial charge in [-0.05, 0) is 42.3 Å². The van der Waals surface area contributed by atoms with Crippen LogP contribution >= 0.6 is 23.4 Å². The van der Waals surface area contributed by atoms with E-state index < -0.39 is 0 Å². The number of hydrogen-bond acceptors (Lipinski definition) is 2. The summed E-state index contributed by atoms with van der Waals surface area (Å²) >= 11 is 7.30. The van der Waals surface area contributed by atoms with Crippen molar-refractivity contribution in [3.05, 3.63) is 58.9 Å². The van der Waals surface area contributed by atoms with Gasteiger partial charge in [-0.3, -0.25) is 0 Å². The van der Waals surface area contributed by atoms with E-state index >= 15 is 0 Å². The van der Waals surface area contributed by atoms with Crippen molar-refractivity contribution in [3.8, 4) is 0 Å². The fraction of sp³-hybridized carbons (Fsp3) is 0.188. The van der Waals surface area contributed by atoms with Gasteiger partial charge >= 0.3 is 6.03 Å². The molecule has 114 valence electrons. The van der Waals surface area contributed by atoms with Crippen LogP contribution in [0.1, 0.15) is 18.0 Å². The minimum Gasteiger partial charge on any atom is -0.331 e. The van der Waals surface area contributed by atoms with E-state index in [9.17, 15) is 9.18 Å². The van der Waals surface area contributed by atoms with Gasteiger partial charge in [0.25, 0.3) is 0 Å². The number of anilines is 1. The molecule has 0 aromatic heterocycles. The summed E-state index contributed by atoms with van der Waals surface area (Å²) < 4.78 is 13.8. The van der Waals surface area contributed by atoms with Crippen LogP contribution in [0.15, 0.2) is 47.4 Å². The SMILES string of the molecule is O=C(Nc1ccc(Cl)cc1)N[C@H]1CCSc2c(F)cccc21. The summed E-state index contributed by atoms with van der Waals surface area (Å²) in [4.78, 5) is 12.7. The van der Waals surface area contributed by atoms with Gasteiger partial charge in [-0.1, -0.05) is 23.7 Å². The monoisotopic (exact) mass is 336 g/mol. The van der Waals surface area contributed by atoms with Gasteiger partial charge in [0.15, 0.2) is 0 Å². The zero-order valence-corrected chi connectivity index (χ0v) is 13.2. The molecule has 2 aromatic rings. The number of rotatable bonds is 2. The fourth-order valence-corrected chi connectivity index (χ4v) is 3.66. The molecule has 0 spiro atoms. The number of carbonyl (C=O) groups is 1. The lowest BCUT2D eigenvalue weighted by Crippen LogP contribution is -2.34. The third-order valence-corrected chi connectivity index (χ3v) is 4.84. The molecule has 0 radical (unpaired) electrons. The predicted octanol–water partition coefficient (Wildman–Crippen LogP) is 4.84. The third-order valence-electron chi connectivity index (χ3n) is 3.43. The van der Waals surface area contributed by atoms with Crippen molar-refractivity contribution in [2.75, 3.05) is 11.1 Å². The zero-order valence-electron chi connectivity index (χ0n) is 11.6. The molecule has 0 bridgehead atoms. The number of benzene rings is 2. The van der Waals surface area contributed by atoms with Crippen LogP contribution in [-0.4, -0.2) is 11.8 Å². The number of halogens is 2. The molecule has 0 saturated carbocycles. The molecule has 2 aromatic carbocycles. The van der Waals surface area contributed by atoms with Gasteiger partial charge in [0.2, 0.25) is 0 Å². The Hall–Kier alpha value is -1.72. The van der Waals surface area contributed by atoms with E-state index in [-0.39, 0.29) is 17.9 Å². The molecule has 3 rings (SSSR count). The fourth-order valence-electron chi connectivity index (χ4n) is 2.40. The average molecular weight is 337 g/mol. The van der Waals surface area contributed by atoms with Crippen molar-refractivity contribution in [2.45, 2.75) is 17.4 Å². The number of thioether (sulfide) groups is 1. The molecule has 1 heterocycles. The summed E-state index contributed by atoms with van der Waals surface area (Å²) in [5.74, 6) is 0.548. The molecule has 2 N–H and O–H groups in total. The van der Waals surface area contributed by atoms with Crippen molar-refractivity contribution in [2.24, 2.45) is 0 Å². The predicted molar refractivity (Wildman–Crippen MR) is 88.1 cm³/mol. The minimum absolute atomic E-state index is 0.181. The molecule has 0 aliphatic carbocycles. The number of urea groups is 1. The molecule has 6 heteroatoms. The highest BCUT2D eigenvalue weighted by Crippen LogP contribution is 2.37. The Morgan fingerprint density at radius 3 is 2.77 bits per heavy atom. The Morgan fingerprint density at radius 2 is 2.00 bits per heavy atom. The summed E-state index contributed by atoms with van der Waals surface area (Å²) in [7, 11) is 0. The first-order chi connectivity index (χ1) is 10.6. The molecule has 1 aliphatic rings. The van der Waals surface area contributed by atoms with E-state index in [0.29, 0.717) is 15.6 Å². The Bertz CT molecular complexity index is 693. The Labute approximate surface area is 137 Å². The van der Waals surface area contributed by atoms with E-state index in [1.54, 1.807) is 30.3 Å². The normalized spacial score (nSPS) is 16.7. The molecule has 2 amide bonds. The number of hydrogen-bond donors (Lipinski definition) is 2. The van der Waals surface area contributed by atoms with Gasteiger partial charge in [-0.25, -0.2) is 9.18 Å². The van der Waals surface area contributed by atoms with Crippen molar-refractivity contribution in [1.29, 1.82) is 0 Å². The third kappa shape index (κ3) is 3.36. The lowest BCUT2D eigenvalue weighted by molar-refractivity contribution is 0.248. The van der Waals surface area contributed by atoms with Crippen LogP contribution in [0.25, 0.3) is 0 Å². The lowest BCUT2D eigenvalue weighted by atomic mass is 10.0. The standard InChI is InChI=1S/C16H14ClFN2OS/c17-10-4-6-11(7-5-10)19-16(21)20-14-8-9-22-15-12(14)2-1-3-13(15)18/h1-7,14H,8-9H2,(H2,19,20,21)/t14-/m0/s1. The molecular weight excluding hydrogens is 323 g/mol. The minimum atomic E-state index is -0.311. The topological polar surface area (TPSA) is 41.1 Å². The first-order valence-electron chi connectivity index (χ1n) is 6.88. The first kappa shape index (κ1) is 15.2. The molecular formula is C16H14ClFN2OS. The maximum atomic E-state index is 13.8. The maximum absolute atomic E-state index is 13.8. The molecule has 1 atom stereocenters. The molecule has 22 heavy (non-hydrogen) atoms. The van der Waals surface area contributed by atoms with Crippen LogP contribution in [-0.2, 0) is 0 Å². The smallest absolute Gasteiger partial charge is 0.319 e. The number of fused-ring (bicyclic) bond motifs is 1. The lowest BCUT2D eigenvalue weighted by Gasteiger charge is -2.26. The molecule has 0 saturated heterocycles. The van der Waals surface area contributed by atoms with Gasteiger partial charge in [0.1, 0.15) is 5.82 Å². The van der Waals surface area contributed by atoms with Crippen LogP contribution in [0.3, 0.4) is 0 Å². The van der Waals surface area contributed by atoms with E-state index in [4.69, 9.17) is 11.6 Å². The number of nitrogens with one attached hydrogen (secondary N) is 2. The number of carbonyl (C=O) groups excluding carboxylic acids is 1. The van der Waals surface area contributed by atoms with E-state index in [2.05, 4.69) is 10.6 Å². The second-order valence-electron chi connectivity index (χ2n) is 4.95. The zero-order chi connectivity index (χ0) is 15.5. The second kappa shape index (κ2) is 6.58. The maximum Gasteiger partial charge on any atom is 0.319 e. The highest BCUT2D eigenvalue weighted by atomic mass is 35.5. The van der Waals surface area contributed by atoms with Crippen LogP contribution in [0.4, 0.5) is 14.9 Å². The van der Waals surface area contributed by atoms with Gasteiger partial charge < -0.3 is 10.6 Å². The summed E-state index contributed by atoms with van der Waals surface area (Å²) in [5, 5.41) is 6.27. The van der Waals surface area contributed by atoms with Crippen molar-refractivity contribution in [3.63, 3.8) is 0 Å². The summed E-state index contributed by atoms with van der Waals surface area (Å²) in [6, 6.07) is 11.4. The van der Waals surface area contributed by atoms with Crippen LogP contribution in [0.2, 0.25) is 5.02 Å². The highest BCUT2D eigenvalue weighted by Gasteiger charge is 2.24. The van der Waals surface area contributed by atoms with Crippen molar-refractivity contribution in [1.82, 2.24) is 5.32 Å². The average Bonchev–Trinajstić information content (AvgIpc) is 2.51. The van der Waals surface area contributed by atoms with E-state index in [0.717, 1.165) is 17.7 Å². The summed E-state index contributed by atoms with van der Waals surface area (Å²) in [6.45, 7) is 0. The largest absolute Gasteiger partial charge is 0.331 e. The van der Waals surface area contributed by atoms with Crippen LogP contribution in [0.5, 0.6) is 0 Å². The molecule has 1 aliphatic heterocycles. The summed E-state index contributed by atoms with van der Waals surface area (Å²) in [5.41, 5.74) is 1.49. The summed E-state index contributed by atoms with van der Waals surface area (Å²) in [6.07, 6.45) is 0.773. The van der Waals surface area contributed by atoms with Crippen molar-refractivity contribution < 1.29 is 9.18 Å². The van der Waals surface area contributed by atoms with Gasteiger partial charge in [-0.2, -0.15) is 0 Å². The first-order valence-corrected chi connectivity index (χ1v) is 8.24. The Kier molecular flexibility index (Phi) is 4.55. The molecule has 0 fully saturated rings. The van der Waals surface area contributed by atoms with Crippen LogP contribution < -0.4 is 10.6 Å². The Balaban J connectivity index is 1.70. The van der Waals surface area contributed by atoms with Gasteiger partial charge in [0.05, 0.1) is 6.04 Å². The van der Waals surface area contributed by atoms with Crippen molar-refractivity contribution >= 4 is 35.1 Å². The van der Waals surface area contributed by atoms with E-state index in [1.807, 2.05) is 6.07 Å². The van der Waals surface area contributed by atoms with E-state index in [1.165, 1.54) is 17.8 Å². The van der Waals surface area contributed by atoms with Crippen LogP contribution in [0, 0.1) is 5.82 Å². The second-order valence-corrected chi connectivity index (χ2v) is 6.49. The number of amides is 2. The quantitative estimate of drug-likeness (QED) is 0.824.